The molecule has 0 amide bonds. The van der Waals surface area contributed by atoms with Crippen LogP contribution in [0.15, 0.2) is 0 Å². The average molecular weight is 220 g/mol. The second-order valence-corrected chi connectivity index (χ2v) is 5.70. The van der Waals surface area contributed by atoms with Crippen LogP contribution in [0.2, 0.25) is 0 Å². The summed E-state index contributed by atoms with van der Waals surface area (Å²) >= 11 is 0. The van der Waals surface area contributed by atoms with E-state index in [1.165, 1.54) is 32.1 Å². The predicted molar refractivity (Wildman–Crippen MR) is 61.7 cm³/mol. The lowest BCUT2D eigenvalue weighted by Gasteiger charge is -2.22. The Kier molecular flexibility index (Phi) is 2.01. The van der Waals surface area contributed by atoms with Crippen LogP contribution >= 0.6 is 0 Å². The van der Waals surface area contributed by atoms with Crippen molar-refractivity contribution in [2.45, 2.75) is 57.2 Å². The molecule has 4 rings (SSSR count). The quantitative estimate of drug-likeness (QED) is 0.573. The van der Waals surface area contributed by atoms with Crippen LogP contribution in [-0.4, -0.2) is 42.0 Å². The molecule has 1 saturated carbocycles. The fourth-order valence-corrected chi connectivity index (χ4v) is 4.22. The molecule has 0 bridgehead atoms. The molecule has 3 aliphatic heterocycles. The Morgan fingerprint density at radius 2 is 2.12 bits per heavy atom. The van der Waals surface area contributed by atoms with Crippen LogP contribution in [0.4, 0.5) is 0 Å². The fourth-order valence-electron chi connectivity index (χ4n) is 4.22. The summed E-state index contributed by atoms with van der Waals surface area (Å²) in [6.07, 6.45) is 6.97. The Morgan fingerprint density at radius 3 is 3.06 bits per heavy atom. The van der Waals surface area contributed by atoms with E-state index in [2.05, 4.69) is 11.4 Å². The second-order valence-electron chi connectivity index (χ2n) is 5.70. The Bertz CT molecular complexity index is 357. The predicted octanol–water partition coefficient (Wildman–Crippen LogP) is 1.25. The van der Waals surface area contributed by atoms with Crippen molar-refractivity contribution >= 4 is 12.8 Å². The summed E-state index contributed by atoms with van der Waals surface area (Å²) in [6, 6.07) is 0.999. The van der Waals surface area contributed by atoms with Crippen LogP contribution in [0.1, 0.15) is 39.0 Å². The molecule has 4 atom stereocenters. The van der Waals surface area contributed by atoms with Gasteiger partial charge in [0.1, 0.15) is 11.8 Å². The molecular weight excluding hydrogens is 201 g/mol. The average Bonchev–Trinajstić information content (AvgIpc) is 2.95. The van der Waals surface area contributed by atoms with Gasteiger partial charge in [0.2, 0.25) is 0 Å². The molecule has 86 valence electrons. The maximum atomic E-state index is 6.25. The Morgan fingerprint density at radius 1 is 1.25 bits per heavy atom. The number of fused-ring (bicyclic) bond motifs is 5. The molecule has 0 aromatic carbocycles. The molecule has 4 aliphatic rings. The van der Waals surface area contributed by atoms with Gasteiger partial charge in [0.15, 0.2) is 12.0 Å². The van der Waals surface area contributed by atoms with Crippen molar-refractivity contribution < 1.29 is 13.9 Å². The molecule has 0 radical (unpaired) electrons. The third-order valence-electron chi connectivity index (χ3n) is 4.97. The summed E-state index contributed by atoms with van der Waals surface area (Å²) in [7, 11) is 0.251. The van der Waals surface area contributed by atoms with Crippen molar-refractivity contribution in [2.24, 2.45) is 5.92 Å². The van der Waals surface area contributed by atoms with Crippen molar-refractivity contribution in [2.75, 3.05) is 6.61 Å². The number of nitrogens with zero attached hydrogens (tertiary/aromatic N) is 1. The first kappa shape index (κ1) is 9.66. The molecule has 0 spiro atoms. The molecule has 0 aromatic heterocycles. The van der Waals surface area contributed by atoms with Crippen LogP contribution in [0.3, 0.4) is 0 Å². The molecule has 3 fully saturated rings. The highest BCUT2D eigenvalue weighted by atomic mass is 16.5. The maximum absolute atomic E-state index is 6.25. The van der Waals surface area contributed by atoms with E-state index in [0.717, 1.165) is 6.61 Å². The summed E-state index contributed by atoms with van der Waals surface area (Å²) in [6.45, 7) is 3.22. The van der Waals surface area contributed by atoms with Crippen molar-refractivity contribution in [3.63, 3.8) is 0 Å². The summed E-state index contributed by atoms with van der Waals surface area (Å²) in [5.74, 6) is 0.646. The van der Waals surface area contributed by atoms with Gasteiger partial charge in [-0.2, -0.15) is 0 Å². The minimum absolute atomic E-state index is 0.251. The third-order valence-corrected chi connectivity index (χ3v) is 4.97. The first-order valence-electron chi connectivity index (χ1n) is 6.75. The van der Waals surface area contributed by atoms with E-state index in [-0.39, 0.29) is 7.05 Å². The molecule has 0 N–H and O–H groups in total. The number of rotatable bonds is 0. The van der Waals surface area contributed by atoms with Gasteiger partial charge < -0.3 is 9.39 Å². The number of ether oxygens (including phenoxy) is 1. The molecule has 1 aliphatic carbocycles. The molecule has 4 heteroatoms. The zero-order valence-electron chi connectivity index (χ0n) is 9.89. The molecular formula is C12H19BNO2+. The summed E-state index contributed by atoms with van der Waals surface area (Å²) in [5.41, 5.74) is 1.54. The van der Waals surface area contributed by atoms with Crippen molar-refractivity contribution in [1.29, 1.82) is 0 Å². The van der Waals surface area contributed by atoms with E-state index in [9.17, 15) is 0 Å². The van der Waals surface area contributed by atoms with Crippen LogP contribution in [0.25, 0.3) is 0 Å². The van der Waals surface area contributed by atoms with Gasteiger partial charge in [-0.25, -0.2) is 0 Å². The smallest absolute Gasteiger partial charge is 0.374 e. The molecule has 3 unspecified atom stereocenters. The lowest BCUT2D eigenvalue weighted by Crippen LogP contribution is -2.37. The van der Waals surface area contributed by atoms with Gasteiger partial charge >= 0.3 is 7.05 Å². The topological polar surface area (TPSA) is 21.5 Å². The zero-order valence-corrected chi connectivity index (χ0v) is 9.89. The minimum atomic E-state index is 0.251. The van der Waals surface area contributed by atoms with E-state index >= 15 is 0 Å². The van der Waals surface area contributed by atoms with Crippen molar-refractivity contribution in [1.82, 2.24) is 0 Å². The van der Waals surface area contributed by atoms with Gasteiger partial charge in [-0.3, -0.25) is 4.49 Å². The van der Waals surface area contributed by atoms with E-state index in [1.807, 2.05) is 0 Å². The standard InChI is InChI=1S/C12H19BNO2/c1-8-9-6-7-15-12(9)13-14(8)10-4-2-3-5-11(10)16-13/h9-12H,2-7H2,1H3/q+1/t9?,10?,11-,12?/m1/s1. The molecule has 16 heavy (non-hydrogen) atoms. The first-order chi connectivity index (χ1) is 7.86. The monoisotopic (exact) mass is 220 g/mol. The Hall–Kier alpha value is -0.345. The first-order valence-corrected chi connectivity index (χ1v) is 6.75. The zero-order chi connectivity index (χ0) is 10.7. The summed E-state index contributed by atoms with van der Waals surface area (Å²) in [5, 5.41) is 0. The minimum Gasteiger partial charge on any atom is -0.374 e. The SMILES string of the molecule is CC1=[N+]2B(O[C@@H]3CCCCC32)C2OCCC12. The van der Waals surface area contributed by atoms with E-state index < -0.39 is 0 Å². The van der Waals surface area contributed by atoms with Crippen LogP contribution in [-0.2, 0) is 9.39 Å². The van der Waals surface area contributed by atoms with Crippen LogP contribution < -0.4 is 0 Å². The second kappa shape index (κ2) is 3.33. The summed E-state index contributed by atoms with van der Waals surface area (Å²) < 4.78 is 14.7. The van der Waals surface area contributed by atoms with E-state index in [1.54, 1.807) is 5.71 Å². The number of hydrogen-bond donors (Lipinski definition) is 0. The Labute approximate surface area is 96.9 Å². The maximum Gasteiger partial charge on any atom is 0.686 e. The van der Waals surface area contributed by atoms with Crippen molar-refractivity contribution in [3.05, 3.63) is 0 Å². The van der Waals surface area contributed by atoms with Gasteiger partial charge in [0.25, 0.3) is 0 Å². The Balaban J connectivity index is 1.73. The normalized spacial score (nSPS) is 45.9. The van der Waals surface area contributed by atoms with E-state index in [0.29, 0.717) is 24.1 Å². The largest absolute Gasteiger partial charge is 0.686 e. The van der Waals surface area contributed by atoms with Crippen molar-refractivity contribution in [3.8, 4) is 0 Å². The van der Waals surface area contributed by atoms with Crippen LogP contribution in [0, 0.1) is 5.92 Å². The van der Waals surface area contributed by atoms with Gasteiger partial charge in [-0.05, 0) is 19.3 Å². The summed E-state index contributed by atoms with van der Waals surface area (Å²) in [4.78, 5) is 0. The van der Waals surface area contributed by atoms with Gasteiger partial charge in [-0.1, -0.05) is 6.42 Å². The third kappa shape index (κ3) is 1.10. The highest BCUT2D eigenvalue weighted by Gasteiger charge is 2.66. The molecule has 2 saturated heterocycles. The lowest BCUT2D eigenvalue weighted by molar-refractivity contribution is -0.431. The molecule has 0 aromatic rings. The molecule has 3 heterocycles. The van der Waals surface area contributed by atoms with Gasteiger partial charge in [0, 0.05) is 20.0 Å². The fraction of sp³-hybridized carbons (Fsp3) is 0.917. The van der Waals surface area contributed by atoms with Crippen LogP contribution in [0.5, 0.6) is 0 Å². The molecule has 3 nitrogen and oxygen atoms in total. The highest BCUT2D eigenvalue weighted by molar-refractivity contribution is 6.48. The lowest BCUT2D eigenvalue weighted by atomic mass is 9.72. The highest BCUT2D eigenvalue weighted by Crippen LogP contribution is 2.39. The number of hydrogen-bond acceptors (Lipinski definition) is 2. The van der Waals surface area contributed by atoms with Gasteiger partial charge in [-0.15, -0.1) is 0 Å². The van der Waals surface area contributed by atoms with Gasteiger partial charge in [0.05, 0.1) is 5.92 Å². The van der Waals surface area contributed by atoms with E-state index in [4.69, 9.17) is 9.39 Å².